The lowest BCUT2D eigenvalue weighted by atomic mass is 10.2. The lowest BCUT2D eigenvalue weighted by Gasteiger charge is -2.12. The Morgan fingerprint density at radius 2 is 2.11 bits per heavy atom. The fourth-order valence-electron chi connectivity index (χ4n) is 1.74. The summed E-state index contributed by atoms with van der Waals surface area (Å²) in [7, 11) is 3.16. The van der Waals surface area contributed by atoms with Crippen molar-refractivity contribution in [3.05, 3.63) is 47.2 Å². The Bertz CT molecular complexity index is 547. The second-order valence-corrected chi connectivity index (χ2v) is 4.32. The fourth-order valence-corrected chi connectivity index (χ4v) is 2.06. The van der Waals surface area contributed by atoms with Crippen LogP contribution >= 0.6 is 11.6 Å². The highest BCUT2D eigenvalue weighted by atomic mass is 35.5. The normalized spacial score (nSPS) is 10.1. The van der Waals surface area contributed by atoms with Crippen LogP contribution in [0.5, 0.6) is 11.5 Å². The maximum atomic E-state index is 6.15. The molecule has 0 fully saturated rings. The van der Waals surface area contributed by atoms with Crippen molar-refractivity contribution in [1.82, 2.24) is 4.98 Å². The number of nitrogens with zero attached hydrogens (tertiary/aromatic N) is 1. The highest BCUT2D eigenvalue weighted by Crippen LogP contribution is 2.36. The van der Waals surface area contributed by atoms with E-state index >= 15 is 0 Å². The average molecular weight is 279 g/mol. The number of rotatable bonds is 5. The van der Waals surface area contributed by atoms with Crippen molar-refractivity contribution in [3.8, 4) is 11.5 Å². The van der Waals surface area contributed by atoms with Gasteiger partial charge < -0.3 is 14.8 Å². The van der Waals surface area contributed by atoms with Crippen LogP contribution < -0.4 is 14.8 Å². The molecule has 0 saturated carbocycles. The minimum absolute atomic E-state index is 0.532. The summed E-state index contributed by atoms with van der Waals surface area (Å²) in [6, 6.07) is 7.58. The number of ether oxygens (including phenoxy) is 2. The molecule has 0 bridgehead atoms. The maximum absolute atomic E-state index is 6.15. The number of nitrogens with one attached hydrogen (secondary N) is 1. The van der Waals surface area contributed by atoms with E-state index in [1.807, 2.05) is 24.3 Å². The number of anilines is 1. The summed E-state index contributed by atoms with van der Waals surface area (Å²) >= 11 is 6.15. The van der Waals surface area contributed by atoms with Gasteiger partial charge in [0.1, 0.15) is 0 Å². The number of aromatic nitrogens is 1. The summed E-state index contributed by atoms with van der Waals surface area (Å²) in [5.74, 6) is 1.17. The fraction of sp³-hybridized carbons (Fsp3) is 0.214. The molecule has 0 radical (unpaired) electrons. The molecule has 19 heavy (non-hydrogen) atoms. The van der Waals surface area contributed by atoms with Gasteiger partial charge in [0.2, 0.25) is 0 Å². The smallest absolute Gasteiger partial charge is 0.179 e. The predicted octanol–water partition coefficient (Wildman–Crippen LogP) is 3.36. The molecule has 0 unspecified atom stereocenters. The minimum atomic E-state index is 0.532. The molecule has 0 amide bonds. The lowest BCUT2D eigenvalue weighted by Crippen LogP contribution is -2.01. The van der Waals surface area contributed by atoms with E-state index in [9.17, 15) is 0 Å². The molecule has 0 aliphatic carbocycles. The van der Waals surface area contributed by atoms with E-state index < -0.39 is 0 Å². The Kier molecular flexibility index (Phi) is 4.47. The Labute approximate surface area is 117 Å². The number of pyridine rings is 1. The zero-order valence-electron chi connectivity index (χ0n) is 10.8. The number of halogens is 1. The van der Waals surface area contributed by atoms with E-state index in [1.165, 1.54) is 0 Å². The van der Waals surface area contributed by atoms with E-state index in [4.69, 9.17) is 21.1 Å². The number of methoxy groups -OCH3 is 2. The Hall–Kier alpha value is -1.94. The monoisotopic (exact) mass is 278 g/mol. The summed E-state index contributed by atoms with van der Waals surface area (Å²) < 4.78 is 10.5. The molecule has 4 nitrogen and oxygen atoms in total. The summed E-state index contributed by atoms with van der Waals surface area (Å²) in [5.41, 5.74) is 1.96. The van der Waals surface area contributed by atoms with Crippen molar-refractivity contribution in [2.45, 2.75) is 6.54 Å². The van der Waals surface area contributed by atoms with Crippen LogP contribution in [0.15, 0.2) is 36.7 Å². The van der Waals surface area contributed by atoms with Gasteiger partial charge in [-0.2, -0.15) is 0 Å². The first kappa shape index (κ1) is 13.5. The van der Waals surface area contributed by atoms with Gasteiger partial charge in [-0.25, -0.2) is 0 Å². The third-order valence-corrected chi connectivity index (χ3v) is 2.93. The van der Waals surface area contributed by atoms with Crippen LogP contribution in [0.4, 0.5) is 5.69 Å². The van der Waals surface area contributed by atoms with Gasteiger partial charge in [-0.3, -0.25) is 4.98 Å². The Balaban J connectivity index is 2.15. The van der Waals surface area contributed by atoms with Crippen molar-refractivity contribution >= 4 is 17.3 Å². The predicted molar refractivity (Wildman–Crippen MR) is 76.1 cm³/mol. The molecule has 1 heterocycles. The molecule has 0 aliphatic heterocycles. The first-order valence-corrected chi connectivity index (χ1v) is 6.16. The SMILES string of the molecule is COc1cc(CNc2cccnc2)cc(Cl)c1OC. The van der Waals surface area contributed by atoms with Crippen molar-refractivity contribution in [2.24, 2.45) is 0 Å². The zero-order chi connectivity index (χ0) is 13.7. The van der Waals surface area contributed by atoms with Gasteiger partial charge in [0.05, 0.1) is 24.9 Å². The van der Waals surface area contributed by atoms with Crippen LogP contribution in [0.3, 0.4) is 0 Å². The van der Waals surface area contributed by atoms with Gasteiger partial charge >= 0.3 is 0 Å². The molecule has 0 saturated heterocycles. The average Bonchev–Trinajstić information content (AvgIpc) is 2.45. The molecular formula is C14H15ClN2O2. The number of benzene rings is 1. The van der Waals surface area contributed by atoms with Crippen molar-refractivity contribution in [2.75, 3.05) is 19.5 Å². The lowest BCUT2D eigenvalue weighted by molar-refractivity contribution is 0.355. The molecule has 0 aliphatic rings. The van der Waals surface area contributed by atoms with Gasteiger partial charge in [0, 0.05) is 18.9 Å². The molecule has 0 spiro atoms. The van der Waals surface area contributed by atoms with Crippen molar-refractivity contribution in [1.29, 1.82) is 0 Å². The first-order valence-electron chi connectivity index (χ1n) is 5.79. The zero-order valence-corrected chi connectivity index (χ0v) is 11.6. The van der Waals surface area contributed by atoms with Crippen LogP contribution in [0, 0.1) is 0 Å². The molecule has 0 atom stereocenters. The third kappa shape index (κ3) is 3.29. The topological polar surface area (TPSA) is 43.4 Å². The van der Waals surface area contributed by atoms with Crippen LogP contribution in [0.2, 0.25) is 5.02 Å². The van der Waals surface area contributed by atoms with Gasteiger partial charge in [-0.1, -0.05) is 11.6 Å². The highest BCUT2D eigenvalue weighted by Gasteiger charge is 2.10. The molecular weight excluding hydrogens is 264 g/mol. The molecule has 2 aromatic rings. The molecule has 5 heteroatoms. The van der Waals surface area contributed by atoms with Crippen LogP contribution in [0.1, 0.15) is 5.56 Å². The van der Waals surface area contributed by atoms with E-state index in [1.54, 1.807) is 26.6 Å². The Morgan fingerprint density at radius 3 is 2.74 bits per heavy atom. The third-order valence-electron chi connectivity index (χ3n) is 2.65. The molecule has 1 aromatic heterocycles. The van der Waals surface area contributed by atoms with Crippen molar-refractivity contribution < 1.29 is 9.47 Å². The van der Waals surface area contributed by atoms with E-state index in [2.05, 4.69) is 10.3 Å². The summed E-state index contributed by atoms with van der Waals surface area (Å²) in [4.78, 5) is 4.04. The van der Waals surface area contributed by atoms with Gasteiger partial charge in [-0.15, -0.1) is 0 Å². The number of hydrogen-bond donors (Lipinski definition) is 1. The highest BCUT2D eigenvalue weighted by molar-refractivity contribution is 6.32. The molecule has 1 N–H and O–H groups in total. The van der Waals surface area contributed by atoms with Gasteiger partial charge in [0.25, 0.3) is 0 Å². The maximum Gasteiger partial charge on any atom is 0.179 e. The largest absolute Gasteiger partial charge is 0.493 e. The minimum Gasteiger partial charge on any atom is -0.493 e. The van der Waals surface area contributed by atoms with Crippen molar-refractivity contribution in [3.63, 3.8) is 0 Å². The summed E-state index contributed by atoms with van der Waals surface area (Å²) in [5, 5.41) is 3.79. The van der Waals surface area contributed by atoms with E-state index in [0.717, 1.165) is 11.3 Å². The molecule has 100 valence electrons. The second-order valence-electron chi connectivity index (χ2n) is 3.91. The second kappa shape index (κ2) is 6.29. The standard InChI is InChI=1S/C14H15ClN2O2/c1-18-13-7-10(6-12(15)14(13)19-2)8-17-11-4-3-5-16-9-11/h3-7,9,17H,8H2,1-2H3. The molecule has 1 aromatic carbocycles. The quantitative estimate of drug-likeness (QED) is 0.911. The van der Waals surface area contributed by atoms with E-state index in [-0.39, 0.29) is 0 Å². The van der Waals surface area contributed by atoms with Gasteiger partial charge in [0.15, 0.2) is 11.5 Å². The first-order chi connectivity index (χ1) is 9.24. The summed E-state index contributed by atoms with van der Waals surface area (Å²) in [6.45, 7) is 0.631. The van der Waals surface area contributed by atoms with Gasteiger partial charge in [-0.05, 0) is 29.8 Å². The Morgan fingerprint density at radius 1 is 1.26 bits per heavy atom. The summed E-state index contributed by atoms with van der Waals surface area (Å²) in [6.07, 6.45) is 3.50. The van der Waals surface area contributed by atoms with Crippen LogP contribution in [-0.2, 0) is 6.54 Å². The number of hydrogen-bond acceptors (Lipinski definition) is 4. The van der Waals surface area contributed by atoms with Crippen LogP contribution in [0.25, 0.3) is 0 Å². The molecule has 2 rings (SSSR count). The van der Waals surface area contributed by atoms with E-state index in [0.29, 0.717) is 23.1 Å². The van der Waals surface area contributed by atoms with Crippen LogP contribution in [-0.4, -0.2) is 19.2 Å².